The zero-order valence-corrected chi connectivity index (χ0v) is 10.4. The third-order valence-corrected chi connectivity index (χ3v) is 2.60. The van der Waals surface area contributed by atoms with Gasteiger partial charge in [-0.05, 0) is 23.3 Å². The molecule has 0 fully saturated rings. The second-order valence-electron chi connectivity index (χ2n) is 4.05. The van der Waals surface area contributed by atoms with Crippen LogP contribution in [0.1, 0.15) is 11.1 Å². The summed E-state index contributed by atoms with van der Waals surface area (Å²) in [6.07, 6.45) is 1.72. The smallest absolute Gasteiger partial charge is 0.149 e. The van der Waals surface area contributed by atoms with Gasteiger partial charge in [0, 0.05) is 19.9 Å². The van der Waals surface area contributed by atoms with Crippen molar-refractivity contribution < 1.29 is 4.74 Å². The van der Waals surface area contributed by atoms with Crippen LogP contribution >= 0.6 is 0 Å². The summed E-state index contributed by atoms with van der Waals surface area (Å²) in [6, 6.07) is 11.9. The lowest BCUT2D eigenvalue weighted by molar-refractivity contribution is 0.185. The fraction of sp³-hybridized carbons (Fsp3) is 0.214. The van der Waals surface area contributed by atoms with Gasteiger partial charge in [0.05, 0.1) is 12.3 Å². The molecule has 1 aromatic heterocycles. The van der Waals surface area contributed by atoms with Crippen molar-refractivity contribution in [2.45, 2.75) is 13.2 Å². The van der Waals surface area contributed by atoms with Crippen LogP contribution in [0.5, 0.6) is 0 Å². The summed E-state index contributed by atoms with van der Waals surface area (Å²) in [5.41, 5.74) is 8.81. The van der Waals surface area contributed by atoms with E-state index in [0.717, 1.165) is 11.4 Å². The van der Waals surface area contributed by atoms with Crippen molar-refractivity contribution in [1.82, 2.24) is 4.98 Å². The van der Waals surface area contributed by atoms with E-state index in [0.29, 0.717) is 18.8 Å². The van der Waals surface area contributed by atoms with Gasteiger partial charge in [-0.1, -0.05) is 24.3 Å². The number of rotatable bonds is 5. The number of ether oxygens (including phenoxy) is 1. The van der Waals surface area contributed by atoms with Crippen LogP contribution in [-0.2, 0) is 17.9 Å². The van der Waals surface area contributed by atoms with E-state index < -0.39 is 0 Å². The van der Waals surface area contributed by atoms with Gasteiger partial charge in [-0.2, -0.15) is 0 Å². The minimum atomic E-state index is 0.625. The number of hydrogen-bond acceptors (Lipinski definition) is 4. The number of nitrogens with two attached hydrogens (primary N) is 1. The molecule has 0 aliphatic carbocycles. The van der Waals surface area contributed by atoms with Crippen molar-refractivity contribution >= 4 is 11.5 Å². The van der Waals surface area contributed by atoms with Gasteiger partial charge in [-0.25, -0.2) is 4.98 Å². The second kappa shape index (κ2) is 6.02. The van der Waals surface area contributed by atoms with Crippen molar-refractivity contribution in [1.29, 1.82) is 0 Å². The number of nitrogen functional groups attached to an aromatic ring is 1. The summed E-state index contributed by atoms with van der Waals surface area (Å²) >= 11 is 0. The van der Waals surface area contributed by atoms with Crippen LogP contribution in [0.2, 0.25) is 0 Å². The third-order valence-electron chi connectivity index (χ3n) is 2.60. The fourth-order valence-corrected chi connectivity index (χ4v) is 1.75. The van der Waals surface area contributed by atoms with Crippen molar-refractivity contribution in [3.05, 3.63) is 53.7 Å². The van der Waals surface area contributed by atoms with Crippen molar-refractivity contribution in [3.63, 3.8) is 0 Å². The van der Waals surface area contributed by atoms with Gasteiger partial charge in [-0.15, -0.1) is 0 Å². The molecule has 0 spiro atoms. The molecule has 3 N–H and O–H groups in total. The Hall–Kier alpha value is -2.07. The van der Waals surface area contributed by atoms with E-state index in [-0.39, 0.29) is 0 Å². The van der Waals surface area contributed by atoms with E-state index in [1.165, 1.54) is 5.56 Å². The van der Waals surface area contributed by atoms with Crippen molar-refractivity contribution in [2.24, 2.45) is 0 Å². The first kappa shape index (κ1) is 12.4. The van der Waals surface area contributed by atoms with Gasteiger partial charge in [0.2, 0.25) is 0 Å². The minimum absolute atomic E-state index is 0.625. The average molecular weight is 243 g/mol. The lowest BCUT2D eigenvalue weighted by Crippen LogP contribution is -2.04. The normalized spacial score (nSPS) is 10.3. The zero-order chi connectivity index (χ0) is 12.8. The molecule has 0 saturated carbocycles. The number of nitrogens with one attached hydrogen (secondary N) is 1. The highest BCUT2D eigenvalue weighted by atomic mass is 16.5. The Bertz CT molecular complexity index is 514. The van der Waals surface area contributed by atoms with Crippen LogP contribution in [0.15, 0.2) is 42.6 Å². The first-order chi connectivity index (χ1) is 8.79. The Kier molecular flexibility index (Phi) is 4.15. The molecule has 2 aromatic rings. The van der Waals surface area contributed by atoms with Crippen LogP contribution in [0.25, 0.3) is 0 Å². The maximum absolute atomic E-state index is 5.82. The van der Waals surface area contributed by atoms with Crippen molar-refractivity contribution in [2.75, 3.05) is 18.2 Å². The van der Waals surface area contributed by atoms with Gasteiger partial charge in [0.15, 0.2) is 0 Å². The summed E-state index contributed by atoms with van der Waals surface area (Å²) in [6.45, 7) is 1.32. The summed E-state index contributed by atoms with van der Waals surface area (Å²) in [7, 11) is 1.69. The Morgan fingerprint density at radius 1 is 1.22 bits per heavy atom. The predicted octanol–water partition coefficient (Wildman–Crippen LogP) is 2.42. The molecule has 18 heavy (non-hydrogen) atoms. The van der Waals surface area contributed by atoms with Gasteiger partial charge in [0.25, 0.3) is 0 Å². The van der Waals surface area contributed by atoms with Gasteiger partial charge >= 0.3 is 0 Å². The number of methoxy groups -OCH3 is 1. The number of pyridine rings is 1. The summed E-state index contributed by atoms with van der Waals surface area (Å²) in [4.78, 5) is 4.19. The monoisotopic (exact) mass is 243 g/mol. The molecular formula is C14H17N3O. The SMILES string of the molecule is COCc1cccc(CNc2ncccc2N)c1. The van der Waals surface area contributed by atoms with Crippen molar-refractivity contribution in [3.8, 4) is 0 Å². The molecule has 0 aliphatic rings. The van der Waals surface area contributed by atoms with Gasteiger partial charge in [-0.3, -0.25) is 0 Å². The molecule has 0 bridgehead atoms. The first-order valence-electron chi connectivity index (χ1n) is 5.80. The number of anilines is 2. The molecule has 94 valence electrons. The van der Waals surface area contributed by atoms with E-state index in [1.54, 1.807) is 13.3 Å². The second-order valence-corrected chi connectivity index (χ2v) is 4.05. The lowest BCUT2D eigenvalue weighted by Gasteiger charge is -2.09. The molecule has 1 aromatic carbocycles. The summed E-state index contributed by atoms with van der Waals surface area (Å²) < 4.78 is 5.11. The van der Waals surface area contributed by atoms with E-state index in [4.69, 9.17) is 10.5 Å². The van der Waals surface area contributed by atoms with Crippen LogP contribution in [0.4, 0.5) is 11.5 Å². The van der Waals surface area contributed by atoms with Crippen LogP contribution in [0.3, 0.4) is 0 Å². The van der Waals surface area contributed by atoms with Gasteiger partial charge in [0.1, 0.15) is 5.82 Å². The number of benzene rings is 1. The number of hydrogen-bond donors (Lipinski definition) is 2. The maximum Gasteiger partial charge on any atom is 0.149 e. The number of nitrogens with zero attached hydrogens (tertiary/aromatic N) is 1. The Morgan fingerprint density at radius 2 is 2.06 bits per heavy atom. The van der Waals surface area contributed by atoms with Crippen LogP contribution in [0, 0.1) is 0 Å². The van der Waals surface area contributed by atoms with Crippen LogP contribution in [-0.4, -0.2) is 12.1 Å². The molecule has 0 saturated heterocycles. The largest absolute Gasteiger partial charge is 0.396 e. The lowest BCUT2D eigenvalue weighted by atomic mass is 10.1. The van der Waals surface area contributed by atoms with E-state index in [2.05, 4.69) is 22.4 Å². The van der Waals surface area contributed by atoms with E-state index in [9.17, 15) is 0 Å². The number of aromatic nitrogens is 1. The molecule has 1 heterocycles. The third kappa shape index (κ3) is 3.21. The standard InChI is InChI=1S/C14H17N3O/c1-18-10-12-5-2-4-11(8-12)9-17-14-13(15)6-3-7-16-14/h2-8H,9-10,15H2,1H3,(H,16,17). The molecule has 0 amide bonds. The molecule has 4 nitrogen and oxygen atoms in total. The van der Waals surface area contributed by atoms with E-state index in [1.807, 2.05) is 24.3 Å². The maximum atomic E-state index is 5.82. The fourth-order valence-electron chi connectivity index (χ4n) is 1.75. The van der Waals surface area contributed by atoms with E-state index >= 15 is 0 Å². The molecule has 2 rings (SSSR count). The molecule has 0 radical (unpaired) electrons. The zero-order valence-electron chi connectivity index (χ0n) is 10.4. The topological polar surface area (TPSA) is 60.2 Å². The summed E-state index contributed by atoms with van der Waals surface area (Å²) in [5.74, 6) is 0.717. The highest BCUT2D eigenvalue weighted by Gasteiger charge is 2.00. The molecule has 4 heteroatoms. The highest BCUT2D eigenvalue weighted by Crippen LogP contribution is 2.15. The molecule has 0 unspecified atom stereocenters. The van der Waals surface area contributed by atoms with Gasteiger partial charge < -0.3 is 15.8 Å². The molecule has 0 atom stereocenters. The average Bonchev–Trinajstić information content (AvgIpc) is 2.39. The minimum Gasteiger partial charge on any atom is -0.396 e. The predicted molar refractivity (Wildman–Crippen MR) is 73.1 cm³/mol. The Labute approximate surface area is 107 Å². The molecule has 0 aliphatic heterocycles. The highest BCUT2D eigenvalue weighted by molar-refractivity contribution is 5.60. The van der Waals surface area contributed by atoms with Crippen LogP contribution < -0.4 is 11.1 Å². The quantitative estimate of drug-likeness (QED) is 0.846. The Balaban J connectivity index is 2.02. The first-order valence-corrected chi connectivity index (χ1v) is 5.80. The summed E-state index contributed by atoms with van der Waals surface area (Å²) in [5, 5.41) is 3.22. The Morgan fingerprint density at radius 3 is 2.83 bits per heavy atom. The molecular weight excluding hydrogens is 226 g/mol.